The van der Waals surface area contributed by atoms with Gasteiger partial charge in [0.1, 0.15) is 5.75 Å². The van der Waals surface area contributed by atoms with Crippen molar-refractivity contribution >= 4 is 11.5 Å². The van der Waals surface area contributed by atoms with Gasteiger partial charge < -0.3 is 10.1 Å². The second kappa shape index (κ2) is 4.76. The number of rotatable bonds is 3. The van der Waals surface area contributed by atoms with Gasteiger partial charge in [0.2, 0.25) is 0 Å². The zero-order chi connectivity index (χ0) is 13.2. The van der Waals surface area contributed by atoms with Crippen molar-refractivity contribution < 1.29 is 9.53 Å². The number of hydrogen-bond acceptors (Lipinski definition) is 3. The Labute approximate surface area is 112 Å². The highest BCUT2D eigenvalue weighted by molar-refractivity contribution is 6.05. The molecule has 0 saturated heterocycles. The van der Waals surface area contributed by atoms with Crippen molar-refractivity contribution in [3.8, 4) is 5.75 Å². The number of benzene rings is 2. The number of nitrogens with one attached hydrogen (secondary N) is 1. The maximum atomic E-state index is 12.7. The maximum absolute atomic E-state index is 12.7. The van der Waals surface area contributed by atoms with Gasteiger partial charge in [-0.2, -0.15) is 0 Å². The van der Waals surface area contributed by atoms with E-state index in [1.807, 2.05) is 48.5 Å². The van der Waals surface area contributed by atoms with Crippen LogP contribution in [0.1, 0.15) is 21.8 Å². The fourth-order valence-electron chi connectivity index (χ4n) is 2.55. The summed E-state index contributed by atoms with van der Waals surface area (Å²) >= 11 is 0. The van der Waals surface area contributed by atoms with Gasteiger partial charge in [0, 0.05) is 12.2 Å². The molecule has 2 aromatic rings. The zero-order valence-corrected chi connectivity index (χ0v) is 10.7. The zero-order valence-electron chi connectivity index (χ0n) is 10.7. The van der Waals surface area contributed by atoms with E-state index >= 15 is 0 Å². The summed E-state index contributed by atoms with van der Waals surface area (Å²) in [6, 6.07) is 15.3. The van der Waals surface area contributed by atoms with Gasteiger partial charge in [-0.3, -0.25) is 4.79 Å². The van der Waals surface area contributed by atoms with Crippen molar-refractivity contribution in [1.29, 1.82) is 0 Å². The molecule has 1 atom stereocenters. The highest BCUT2D eigenvalue weighted by atomic mass is 16.5. The van der Waals surface area contributed by atoms with E-state index in [1.54, 1.807) is 7.11 Å². The van der Waals surface area contributed by atoms with Gasteiger partial charge >= 0.3 is 0 Å². The average molecular weight is 253 g/mol. The average Bonchev–Trinajstić information content (AvgIpc) is 2.90. The van der Waals surface area contributed by atoms with Crippen molar-refractivity contribution in [1.82, 2.24) is 0 Å². The van der Waals surface area contributed by atoms with E-state index in [0.717, 1.165) is 11.3 Å². The van der Waals surface area contributed by atoms with Gasteiger partial charge in [-0.05, 0) is 23.8 Å². The predicted octanol–water partition coefficient (Wildman–Crippen LogP) is 3.09. The number of methoxy groups -OCH3 is 1. The Bertz CT molecular complexity index is 622. The lowest BCUT2D eigenvalue weighted by molar-refractivity contribution is 0.0963. The van der Waals surface area contributed by atoms with Crippen molar-refractivity contribution in [3.63, 3.8) is 0 Å². The SMILES string of the molecule is COc1ccccc1C(=O)C1CNc2ccccc21. The number of ketones is 1. The highest BCUT2D eigenvalue weighted by Gasteiger charge is 2.30. The molecule has 0 aliphatic carbocycles. The summed E-state index contributed by atoms with van der Waals surface area (Å²) in [5.41, 5.74) is 2.77. The molecule has 0 spiro atoms. The van der Waals surface area contributed by atoms with E-state index in [1.165, 1.54) is 0 Å². The summed E-state index contributed by atoms with van der Waals surface area (Å²) in [6.07, 6.45) is 0. The van der Waals surface area contributed by atoms with E-state index in [0.29, 0.717) is 17.9 Å². The Balaban J connectivity index is 1.98. The van der Waals surface area contributed by atoms with Crippen LogP contribution in [0.5, 0.6) is 5.75 Å². The number of fused-ring (bicyclic) bond motifs is 1. The third-order valence-corrected chi connectivity index (χ3v) is 3.52. The first kappa shape index (κ1) is 11.8. The first-order valence-corrected chi connectivity index (χ1v) is 6.31. The second-order valence-corrected chi connectivity index (χ2v) is 4.59. The summed E-state index contributed by atoms with van der Waals surface area (Å²) in [5, 5.41) is 3.28. The van der Waals surface area contributed by atoms with Crippen molar-refractivity contribution in [2.24, 2.45) is 0 Å². The van der Waals surface area contributed by atoms with E-state index in [2.05, 4.69) is 5.32 Å². The molecule has 1 N–H and O–H groups in total. The number of carbonyl (C=O) groups is 1. The molecule has 1 heterocycles. The van der Waals surface area contributed by atoms with E-state index < -0.39 is 0 Å². The second-order valence-electron chi connectivity index (χ2n) is 4.59. The molecule has 1 aliphatic rings. The van der Waals surface area contributed by atoms with Gasteiger partial charge in [-0.25, -0.2) is 0 Å². The summed E-state index contributed by atoms with van der Waals surface area (Å²) in [6.45, 7) is 0.649. The van der Waals surface area contributed by atoms with Gasteiger partial charge in [-0.15, -0.1) is 0 Å². The Morgan fingerprint density at radius 1 is 1.16 bits per heavy atom. The minimum absolute atomic E-state index is 0.106. The quantitative estimate of drug-likeness (QED) is 0.854. The monoisotopic (exact) mass is 253 g/mol. The molecule has 0 fully saturated rings. The van der Waals surface area contributed by atoms with Gasteiger partial charge in [0.15, 0.2) is 5.78 Å². The molecule has 3 heteroatoms. The van der Waals surface area contributed by atoms with Crippen LogP contribution in [0.4, 0.5) is 5.69 Å². The van der Waals surface area contributed by atoms with Gasteiger partial charge in [0.25, 0.3) is 0 Å². The Morgan fingerprint density at radius 3 is 2.74 bits per heavy atom. The number of Topliss-reactive ketones (excluding diaryl/α,β-unsaturated/α-hetero) is 1. The molecule has 0 amide bonds. The third kappa shape index (κ3) is 1.97. The molecule has 3 nitrogen and oxygen atoms in total. The first-order chi connectivity index (χ1) is 9.31. The van der Waals surface area contributed by atoms with Crippen molar-refractivity contribution in [3.05, 3.63) is 59.7 Å². The molecule has 0 aromatic heterocycles. The summed E-state index contributed by atoms with van der Waals surface area (Å²) in [5.74, 6) is 0.610. The molecule has 1 unspecified atom stereocenters. The van der Waals surface area contributed by atoms with Crippen LogP contribution in [-0.2, 0) is 0 Å². The molecule has 2 aromatic carbocycles. The van der Waals surface area contributed by atoms with Crippen LogP contribution in [-0.4, -0.2) is 19.4 Å². The van der Waals surface area contributed by atoms with Crippen LogP contribution >= 0.6 is 0 Å². The number of carbonyl (C=O) groups excluding carboxylic acids is 1. The molecule has 1 aliphatic heterocycles. The summed E-state index contributed by atoms with van der Waals surface area (Å²) in [4.78, 5) is 12.7. The number of para-hydroxylation sites is 2. The summed E-state index contributed by atoms with van der Waals surface area (Å²) < 4.78 is 5.27. The minimum atomic E-state index is -0.132. The molecular weight excluding hydrogens is 238 g/mol. The van der Waals surface area contributed by atoms with Crippen LogP contribution in [0.15, 0.2) is 48.5 Å². The molecule has 19 heavy (non-hydrogen) atoms. The molecule has 3 rings (SSSR count). The Kier molecular flexibility index (Phi) is 2.95. The van der Waals surface area contributed by atoms with Crippen LogP contribution in [0.2, 0.25) is 0 Å². The van der Waals surface area contributed by atoms with Crippen LogP contribution in [0, 0.1) is 0 Å². The van der Waals surface area contributed by atoms with Crippen molar-refractivity contribution in [2.75, 3.05) is 19.0 Å². The van der Waals surface area contributed by atoms with Crippen LogP contribution in [0.25, 0.3) is 0 Å². The molecule has 96 valence electrons. The van der Waals surface area contributed by atoms with E-state index in [9.17, 15) is 4.79 Å². The lowest BCUT2D eigenvalue weighted by Crippen LogP contribution is -2.15. The third-order valence-electron chi connectivity index (χ3n) is 3.52. The first-order valence-electron chi connectivity index (χ1n) is 6.31. The smallest absolute Gasteiger partial charge is 0.175 e. The maximum Gasteiger partial charge on any atom is 0.175 e. The highest BCUT2D eigenvalue weighted by Crippen LogP contribution is 2.35. The fraction of sp³-hybridized carbons (Fsp3) is 0.188. The lowest BCUT2D eigenvalue weighted by Gasteiger charge is -2.12. The fourth-order valence-corrected chi connectivity index (χ4v) is 2.55. The Hall–Kier alpha value is -2.29. The molecule has 0 saturated carbocycles. The van der Waals surface area contributed by atoms with Crippen LogP contribution < -0.4 is 10.1 Å². The molecule has 0 bridgehead atoms. The van der Waals surface area contributed by atoms with Gasteiger partial charge in [-0.1, -0.05) is 30.3 Å². The standard InChI is InChI=1S/C16H15NO2/c1-19-15-9-5-3-7-12(15)16(18)13-10-17-14-8-4-2-6-11(13)14/h2-9,13,17H,10H2,1H3. The topological polar surface area (TPSA) is 38.3 Å². The van der Waals surface area contributed by atoms with Gasteiger partial charge in [0.05, 0.1) is 18.6 Å². The molecule has 0 radical (unpaired) electrons. The van der Waals surface area contributed by atoms with Crippen molar-refractivity contribution in [2.45, 2.75) is 5.92 Å². The minimum Gasteiger partial charge on any atom is -0.496 e. The number of hydrogen-bond donors (Lipinski definition) is 1. The lowest BCUT2D eigenvalue weighted by atomic mass is 9.92. The number of anilines is 1. The van der Waals surface area contributed by atoms with Crippen LogP contribution in [0.3, 0.4) is 0 Å². The van der Waals surface area contributed by atoms with E-state index in [4.69, 9.17) is 4.74 Å². The predicted molar refractivity (Wildman–Crippen MR) is 75.0 cm³/mol. The Morgan fingerprint density at radius 2 is 1.89 bits per heavy atom. The largest absolute Gasteiger partial charge is 0.496 e. The normalized spacial score (nSPS) is 16.6. The van der Waals surface area contributed by atoms with E-state index in [-0.39, 0.29) is 11.7 Å². The summed E-state index contributed by atoms with van der Waals surface area (Å²) in [7, 11) is 1.59. The molecular formula is C16H15NO2. The number of ether oxygens (including phenoxy) is 1.